The first-order valence-electron chi connectivity index (χ1n) is 6.89. The first kappa shape index (κ1) is 16.4. The van der Waals surface area contributed by atoms with Crippen LogP contribution in [0.5, 0.6) is 0 Å². The lowest BCUT2D eigenvalue weighted by atomic mass is 10.0. The Morgan fingerprint density at radius 3 is 2.30 bits per heavy atom. The third-order valence-corrected chi connectivity index (χ3v) is 3.15. The van der Waals surface area contributed by atoms with Gasteiger partial charge in [-0.25, -0.2) is 0 Å². The maximum atomic E-state index is 11.6. The van der Waals surface area contributed by atoms with E-state index in [0.29, 0.717) is 17.6 Å². The van der Waals surface area contributed by atoms with Crippen LogP contribution >= 0.6 is 12.2 Å². The van der Waals surface area contributed by atoms with Gasteiger partial charge in [0.15, 0.2) is 5.11 Å². The van der Waals surface area contributed by atoms with Gasteiger partial charge in [-0.2, -0.15) is 0 Å². The number of thiocarbonyl (C=S) groups is 1. The molecule has 3 N–H and O–H groups in total. The first-order chi connectivity index (χ1) is 9.43. The van der Waals surface area contributed by atoms with Crippen molar-refractivity contribution in [3.8, 4) is 0 Å². The smallest absolute Gasteiger partial charge is 0.242 e. The fraction of sp³-hybridized carbons (Fsp3) is 0.467. The number of carbonyl (C=O) groups excluding carboxylic acids is 1. The highest BCUT2D eigenvalue weighted by atomic mass is 32.1. The van der Waals surface area contributed by atoms with E-state index in [1.165, 1.54) is 5.56 Å². The molecule has 5 heteroatoms. The van der Waals surface area contributed by atoms with Crippen molar-refractivity contribution < 1.29 is 4.79 Å². The predicted octanol–water partition coefficient (Wildman–Crippen LogP) is 2.62. The van der Waals surface area contributed by atoms with E-state index in [-0.39, 0.29) is 11.9 Å². The van der Waals surface area contributed by atoms with Crippen molar-refractivity contribution in [3.05, 3.63) is 29.8 Å². The van der Waals surface area contributed by atoms with Crippen LogP contribution in [0.25, 0.3) is 0 Å². The molecule has 0 saturated heterocycles. The van der Waals surface area contributed by atoms with E-state index in [1.54, 1.807) is 6.92 Å². The van der Waals surface area contributed by atoms with Crippen molar-refractivity contribution in [1.82, 2.24) is 10.6 Å². The number of amides is 1. The normalized spacial score (nSPS) is 11.8. The minimum absolute atomic E-state index is 0.0631. The van der Waals surface area contributed by atoms with E-state index in [1.807, 2.05) is 19.1 Å². The fourth-order valence-corrected chi connectivity index (χ4v) is 2.00. The number of anilines is 1. The lowest BCUT2D eigenvalue weighted by molar-refractivity contribution is -0.122. The Labute approximate surface area is 126 Å². The van der Waals surface area contributed by atoms with E-state index >= 15 is 0 Å². The highest BCUT2D eigenvalue weighted by molar-refractivity contribution is 7.80. The lowest BCUT2D eigenvalue weighted by Crippen LogP contribution is -2.46. The van der Waals surface area contributed by atoms with Crippen molar-refractivity contribution in [1.29, 1.82) is 0 Å². The maximum Gasteiger partial charge on any atom is 0.242 e. The van der Waals surface area contributed by atoms with Crippen LogP contribution in [0.2, 0.25) is 0 Å². The van der Waals surface area contributed by atoms with Gasteiger partial charge in [0.05, 0.1) is 0 Å². The molecule has 0 aromatic heterocycles. The molecular weight excluding hydrogens is 270 g/mol. The summed E-state index contributed by atoms with van der Waals surface area (Å²) in [6.07, 6.45) is 0. The summed E-state index contributed by atoms with van der Waals surface area (Å²) in [4.78, 5) is 11.6. The number of rotatable bonds is 5. The molecule has 0 aliphatic rings. The van der Waals surface area contributed by atoms with Crippen molar-refractivity contribution in [3.63, 3.8) is 0 Å². The first-order valence-corrected chi connectivity index (χ1v) is 7.30. The molecule has 1 rings (SSSR count). The largest absolute Gasteiger partial charge is 0.355 e. The van der Waals surface area contributed by atoms with Crippen LogP contribution in [0.3, 0.4) is 0 Å². The molecule has 0 aliphatic carbocycles. The van der Waals surface area contributed by atoms with Gasteiger partial charge in [-0.3, -0.25) is 4.79 Å². The molecule has 110 valence electrons. The Morgan fingerprint density at radius 2 is 1.80 bits per heavy atom. The Balaban J connectivity index is 2.51. The van der Waals surface area contributed by atoms with Crippen LogP contribution in [-0.4, -0.2) is 23.6 Å². The molecule has 0 saturated carbocycles. The molecule has 0 spiro atoms. The fourth-order valence-electron chi connectivity index (χ4n) is 1.71. The maximum absolute atomic E-state index is 11.6. The van der Waals surface area contributed by atoms with Gasteiger partial charge in [0.25, 0.3) is 0 Å². The third kappa shape index (κ3) is 5.17. The second kappa shape index (κ2) is 7.85. The zero-order chi connectivity index (χ0) is 15.1. The van der Waals surface area contributed by atoms with Crippen LogP contribution in [0.15, 0.2) is 24.3 Å². The topological polar surface area (TPSA) is 53.2 Å². The van der Waals surface area contributed by atoms with Crippen molar-refractivity contribution in [2.75, 3.05) is 11.9 Å². The average molecular weight is 293 g/mol. The van der Waals surface area contributed by atoms with E-state index in [4.69, 9.17) is 12.2 Å². The number of nitrogens with one attached hydrogen (secondary N) is 3. The number of hydrogen-bond donors (Lipinski definition) is 3. The SMILES string of the molecule is CCNC(=O)[C@@H](C)NC(=S)Nc1ccc(C(C)C)cc1. The van der Waals surface area contributed by atoms with Gasteiger partial charge in [-0.05, 0) is 49.7 Å². The lowest BCUT2D eigenvalue weighted by Gasteiger charge is -2.16. The van der Waals surface area contributed by atoms with Gasteiger partial charge in [-0.15, -0.1) is 0 Å². The molecule has 0 aliphatic heterocycles. The molecule has 0 fully saturated rings. The third-order valence-electron chi connectivity index (χ3n) is 2.93. The predicted molar refractivity (Wildman–Crippen MR) is 88.0 cm³/mol. The molecule has 1 aromatic carbocycles. The van der Waals surface area contributed by atoms with Gasteiger partial charge < -0.3 is 16.0 Å². The summed E-state index contributed by atoms with van der Waals surface area (Å²) < 4.78 is 0. The van der Waals surface area contributed by atoms with Gasteiger partial charge in [0, 0.05) is 12.2 Å². The number of benzene rings is 1. The molecule has 0 radical (unpaired) electrons. The van der Waals surface area contributed by atoms with E-state index in [2.05, 4.69) is 41.9 Å². The Morgan fingerprint density at radius 1 is 1.20 bits per heavy atom. The minimum atomic E-state index is -0.357. The monoisotopic (exact) mass is 293 g/mol. The van der Waals surface area contributed by atoms with E-state index in [9.17, 15) is 4.79 Å². The van der Waals surface area contributed by atoms with Crippen LogP contribution in [0, 0.1) is 0 Å². The summed E-state index contributed by atoms with van der Waals surface area (Å²) in [5, 5.41) is 9.23. The van der Waals surface area contributed by atoms with E-state index in [0.717, 1.165) is 5.69 Å². The summed E-state index contributed by atoms with van der Waals surface area (Å²) in [6, 6.07) is 7.76. The van der Waals surface area contributed by atoms with Gasteiger partial charge >= 0.3 is 0 Å². The molecule has 1 aromatic rings. The standard InChI is InChI=1S/C15H23N3OS/c1-5-16-14(19)11(4)17-15(20)18-13-8-6-12(7-9-13)10(2)3/h6-11H,5H2,1-4H3,(H,16,19)(H2,17,18,20)/t11-/m1/s1. The zero-order valence-electron chi connectivity index (χ0n) is 12.5. The van der Waals surface area contributed by atoms with Crippen molar-refractivity contribution >= 4 is 28.9 Å². The summed E-state index contributed by atoms with van der Waals surface area (Å²) >= 11 is 5.20. The number of likely N-dealkylation sites (N-methyl/N-ethyl adjacent to an activating group) is 1. The molecule has 4 nitrogen and oxygen atoms in total. The summed E-state index contributed by atoms with van der Waals surface area (Å²) in [7, 11) is 0. The van der Waals surface area contributed by atoms with Crippen LogP contribution in [0.4, 0.5) is 5.69 Å². The summed E-state index contributed by atoms with van der Waals surface area (Å²) in [5.41, 5.74) is 2.19. The Hall–Kier alpha value is -1.62. The molecule has 0 heterocycles. The molecular formula is C15H23N3OS. The highest BCUT2D eigenvalue weighted by Crippen LogP contribution is 2.16. The number of hydrogen-bond acceptors (Lipinski definition) is 2. The van der Waals surface area contributed by atoms with Gasteiger partial charge in [0.1, 0.15) is 6.04 Å². The molecule has 0 unspecified atom stereocenters. The zero-order valence-corrected chi connectivity index (χ0v) is 13.3. The van der Waals surface area contributed by atoms with Crippen LogP contribution in [0.1, 0.15) is 39.2 Å². The second-order valence-corrected chi connectivity index (χ2v) is 5.40. The van der Waals surface area contributed by atoms with Crippen molar-refractivity contribution in [2.24, 2.45) is 0 Å². The number of carbonyl (C=O) groups is 1. The quantitative estimate of drug-likeness (QED) is 0.731. The summed E-state index contributed by atoms with van der Waals surface area (Å²) in [5.74, 6) is 0.443. The molecule has 1 atom stereocenters. The van der Waals surface area contributed by atoms with Gasteiger partial charge in [0.2, 0.25) is 5.91 Å². The van der Waals surface area contributed by atoms with E-state index < -0.39 is 0 Å². The molecule has 20 heavy (non-hydrogen) atoms. The van der Waals surface area contributed by atoms with Crippen LogP contribution in [-0.2, 0) is 4.79 Å². The van der Waals surface area contributed by atoms with Crippen LogP contribution < -0.4 is 16.0 Å². The molecule has 0 bridgehead atoms. The summed E-state index contributed by atoms with van der Waals surface area (Å²) in [6.45, 7) is 8.59. The van der Waals surface area contributed by atoms with Gasteiger partial charge in [-0.1, -0.05) is 26.0 Å². The average Bonchev–Trinajstić information content (AvgIpc) is 2.39. The highest BCUT2D eigenvalue weighted by Gasteiger charge is 2.12. The molecule has 1 amide bonds. The van der Waals surface area contributed by atoms with Crippen molar-refractivity contribution in [2.45, 2.75) is 39.7 Å². The minimum Gasteiger partial charge on any atom is -0.355 e. The Bertz CT molecular complexity index is 457. The Kier molecular flexibility index (Phi) is 6.45. The second-order valence-electron chi connectivity index (χ2n) is 4.99.